The maximum absolute atomic E-state index is 12.4. The van der Waals surface area contributed by atoms with E-state index in [4.69, 9.17) is 27.9 Å². The fraction of sp³-hybridized carbons (Fsp3) is 0.625. The van der Waals surface area contributed by atoms with Gasteiger partial charge in [-0.05, 0) is 37.3 Å². The highest BCUT2D eigenvalue weighted by Gasteiger charge is 2.43. The first-order valence-electron chi connectivity index (χ1n) is 7.82. The minimum absolute atomic E-state index is 0.0196. The third-order valence-corrected chi connectivity index (χ3v) is 5.94. The first kappa shape index (κ1) is 19.5. The van der Waals surface area contributed by atoms with Crippen LogP contribution in [0.25, 0.3) is 0 Å². The van der Waals surface area contributed by atoms with Crippen molar-refractivity contribution >= 4 is 46.4 Å². The normalized spacial score (nSPS) is 21.0. The lowest BCUT2D eigenvalue weighted by atomic mass is 9.80. The van der Waals surface area contributed by atoms with Crippen LogP contribution in [0.3, 0.4) is 0 Å². The number of piperidine rings is 1. The van der Waals surface area contributed by atoms with Gasteiger partial charge in [0.25, 0.3) is 0 Å². The Balaban J connectivity index is 1.89. The fourth-order valence-corrected chi connectivity index (χ4v) is 4.65. The summed E-state index contributed by atoms with van der Waals surface area (Å²) in [5, 5.41) is 9.53. The van der Waals surface area contributed by atoms with Gasteiger partial charge in [-0.15, -0.1) is 11.3 Å². The van der Waals surface area contributed by atoms with Crippen molar-refractivity contribution in [3.63, 3.8) is 0 Å². The first-order chi connectivity index (χ1) is 11.4. The van der Waals surface area contributed by atoms with E-state index in [-0.39, 0.29) is 19.1 Å². The second-order valence-electron chi connectivity index (χ2n) is 6.14. The number of ether oxygens (including phenoxy) is 1. The van der Waals surface area contributed by atoms with Gasteiger partial charge in [0.1, 0.15) is 5.41 Å². The highest BCUT2D eigenvalue weighted by Crippen LogP contribution is 2.33. The molecule has 8 heteroatoms. The second-order valence-corrected chi connectivity index (χ2v) is 8.43. The predicted molar refractivity (Wildman–Crippen MR) is 95.0 cm³/mol. The molecule has 1 amide bonds. The molecule has 1 N–H and O–H groups in total. The number of methoxy groups -OCH3 is 1. The van der Waals surface area contributed by atoms with Crippen LogP contribution in [0, 0.1) is 5.41 Å². The lowest BCUT2D eigenvalue weighted by Gasteiger charge is -2.39. The molecule has 134 valence electrons. The van der Waals surface area contributed by atoms with E-state index in [1.54, 1.807) is 4.90 Å². The molecule has 0 aromatic carbocycles. The molecule has 0 bridgehead atoms. The first-order valence-corrected chi connectivity index (χ1v) is 9.39. The summed E-state index contributed by atoms with van der Waals surface area (Å²) in [5.41, 5.74) is -0.0373. The zero-order valence-electron chi connectivity index (χ0n) is 13.5. The molecule has 1 saturated heterocycles. The minimum atomic E-state index is -0.993. The number of carboxylic acid groups (broad SMARTS) is 1. The van der Waals surface area contributed by atoms with Gasteiger partial charge in [-0.3, -0.25) is 9.59 Å². The largest absolute Gasteiger partial charge is 0.481 e. The molecule has 24 heavy (non-hydrogen) atoms. The van der Waals surface area contributed by atoms with Gasteiger partial charge in [0.2, 0.25) is 5.91 Å². The Labute approximate surface area is 155 Å². The zero-order chi connectivity index (χ0) is 17.7. The quantitative estimate of drug-likeness (QED) is 0.766. The SMILES string of the molecule is COCC1(C(=O)O)CCCN(C(=O)CCCc2cc(Cl)sc2Cl)C1. The number of hydrogen-bond donors (Lipinski definition) is 1. The third-order valence-electron chi connectivity index (χ3n) is 4.37. The zero-order valence-corrected chi connectivity index (χ0v) is 15.8. The van der Waals surface area contributed by atoms with Crippen LogP contribution < -0.4 is 0 Å². The van der Waals surface area contributed by atoms with Crippen LogP contribution in [0.5, 0.6) is 0 Å². The number of carbonyl (C=O) groups excluding carboxylic acids is 1. The molecular formula is C16H21Cl2NO4S. The number of rotatable bonds is 7. The highest BCUT2D eigenvalue weighted by molar-refractivity contribution is 7.20. The van der Waals surface area contributed by atoms with E-state index in [1.165, 1.54) is 18.4 Å². The van der Waals surface area contributed by atoms with Gasteiger partial charge >= 0.3 is 5.97 Å². The number of halogens is 2. The number of nitrogens with zero attached hydrogens (tertiary/aromatic N) is 1. The minimum Gasteiger partial charge on any atom is -0.481 e. The summed E-state index contributed by atoms with van der Waals surface area (Å²) in [4.78, 5) is 25.7. The summed E-state index contributed by atoms with van der Waals surface area (Å²) in [6.07, 6.45) is 2.92. The van der Waals surface area contributed by atoms with Crippen LogP contribution >= 0.6 is 34.5 Å². The number of aryl methyl sites for hydroxylation is 1. The molecule has 1 aliphatic rings. The van der Waals surface area contributed by atoms with E-state index in [0.29, 0.717) is 47.3 Å². The van der Waals surface area contributed by atoms with Crippen LogP contribution in [0.2, 0.25) is 8.67 Å². The summed E-state index contributed by atoms with van der Waals surface area (Å²) in [7, 11) is 1.49. The van der Waals surface area contributed by atoms with Crippen molar-refractivity contribution < 1.29 is 19.4 Å². The van der Waals surface area contributed by atoms with Crippen LogP contribution in [-0.2, 0) is 20.7 Å². The Morgan fingerprint density at radius 2 is 2.21 bits per heavy atom. The molecule has 1 aromatic rings. The summed E-state index contributed by atoms with van der Waals surface area (Å²) in [6.45, 7) is 0.928. The molecular weight excluding hydrogens is 373 g/mol. The summed E-state index contributed by atoms with van der Waals surface area (Å²) in [6, 6.07) is 1.83. The van der Waals surface area contributed by atoms with E-state index in [2.05, 4.69) is 0 Å². The molecule has 1 unspecified atom stereocenters. The Morgan fingerprint density at radius 3 is 2.79 bits per heavy atom. The van der Waals surface area contributed by atoms with Crippen molar-refractivity contribution in [3.8, 4) is 0 Å². The molecule has 0 saturated carbocycles. The summed E-state index contributed by atoms with van der Waals surface area (Å²) >= 11 is 13.3. The van der Waals surface area contributed by atoms with Gasteiger partial charge < -0.3 is 14.7 Å². The van der Waals surface area contributed by atoms with Crippen LogP contribution in [0.4, 0.5) is 0 Å². The average Bonchev–Trinajstić information content (AvgIpc) is 2.85. The van der Waals surface area contributed by atoms with Gasteiger partial charge in [0.05, 0.1) is 15.3 Å². The Morgan fingerprint density at radius 1 is 1.46 bits per heavy atom. The molecule has 1 fully saturated rings. The van der Waals surface area contributed by atoms with Crippen molar-refractivity contribution in [1.82, 2.24) is 4.90 Å². The van der Waals surface area contributed by atoms with Crippen molar-refractivity contribution in [2.45, 2.75) is 32.1 Å². The fourth-order valence-electron chi connectivity index (χ4n) is 3.11. The third kappa shape index (κ3) is 4.63. The maximum atomic E-state index is 12.4. The average molecular weight is 394 g/mol. The molecule has 0 spiro atoms. The van der Waals surface area contributed by atoms with Gasteiger partial charge in [-0.2, -0.15) is 0 Å². The number of likely N-dealkylation sites (tertiary alicyclic amines) is 1. The van der Waals surface area contributed by atoms with Crippen molar-refractivity contribution in [2.24, 2.45) is 5.41 Å². The van der Waals surface area contributed by atoms with E-state index in [1.807, 2.05) is 6.07 Å². The highest BCUT2D eigenvalue weighted by atomic mass is 35.5. The predicted octanol–water partition coefficient (Wildman–Crippen LogP) is 3.72. The smallest absolute Gasteiger partial charge is 0.313 e. The lowest BCUT2D eigenvalue weighted by molar-refractivity contribution is -0.159. The Bertz CT molecular complexity index is 603. The Hall–Kier alpha value is -0.820. The number of carboxylic acids is 1. The van der Waals surface area contributed by atoms with E-state index in [0.717, 1.165) is 5.56 Å². The van der Waals surface area contributed by atoms with Crippen LogP contribution in [-0.4, -0.2) is 48.7 Å². The molecule has 1 atom stereocenters. The molecule has 2 heterocycles. The molecule has 0 aliphatic carbocycles. The van der Waals surface area contributed by atoms with E-state index >= 15 is 0 Å². The number of amides is 1. The number of carbonyl (C=O) groups is 2. The standard InChI is InChI=1S/C16H21Cl2NO4S/c1-23-10-16(15(21)22)6-3-7-19(9-16)13(20)5-2-4-11-8-12(17)24-14(11)18/h8H,2-7,9-10H2,1H3,(H,21,22). The maximum Gasteiger partial charge on any atom is 0.313 e. The summed E-state index contributed by atoms with van der Waals surface area (Å²) < 4.78 is 6.39. The topological polar surface area (TPSA) is 66.8 Å². The van der Waals surface area contributed by atoms with Gasteiger partial charge in [-0.25, -0.2) is 0 Å². The van der Waals surface area contributed by atoms with Crippen LogP contribution in [0.1, 0.15) is 31.2 Å². The van der Waals surface area contributed by atoms with Crippen molar-refractivity contribution in [2.75, 3.05) is 26.8 Å². The van der Waals surface area contributed by atoms with Crippen molar-refractivity contribution in [1.29, 1.82) is 0 Å². The van der Waals surface area contributed by atoms with Gasteiger partial charge in [-0.1, -0.05) is 23.2 Å². The van der Waals surface area contributed by atoms with Gasteiger partial charge in [0.15, 0.2) is 0 Å². The Kier molecular flexibility index (Phi) is 6.92. The number of thiophene rings is 1. The molecule has 1 aliphatic heterocycles. The van der Waals surface area contributed by atoms with E-state index < -0.39 is 11.4 Å². The van der Waals surface area contributed by atoms with Gasteiger partial charge in [0, 0.05) is 26.6 Å². The molecule has 5 nitrogen and oxygen atoms in total. The van der Waals surface area contributed by atoms with Crippen molar-refractivity contribution in [3.05, 3.63) is 20.3 Å². The number of hydrogen-bond acceptors (Lipinski definition) is 4. The number of aliphatic carboxylic acids is 1. The summed E-state index contributed by atoms with van der Waals surface area (Å²) in [5.74, 6) is -0.921. The monoisotopic (exact) mass is 393 g/mol. The second kappa shape index (κ2) is 8.52. The van der Waals surface area contributed by atoms with E-state index in [9.17, 15) is 14.7 Å². The van der Waals surface area contributed by atoms with Crippen LogP contribution in [0.15, 0.2) is 6.07 Å². The molecule has 1 aromatic heterocycles. The lowest BCUT2D eigenvalue weighted by Crippen LogP contribution is -2.52. The molecule has 2 rings (SSSR count). The molecule has 0 radical (unpaired) electrons.